The van der Waals surface area contributed by atoms with E-state index in [1.165, 1.54) is 11.1 Å². The first-order valence-corrected chi connectivity index (χ1v) is 9.03. The van der Waals surface area contributed by atoms with Crippen LogP contribution in [0.5, 0.6) is 5.88 Å². The smallest absolute Gasteiger partial charge is 0.233 e. The Hall–Kier alpha value is -2.89. The number of methoxy groups -OCH3 is 1. The van der Waals surface area contributed by atoms with E-state index in [9.17, 15) is 0 Å². The van der Waals surface area contributed by atoms with E-state index >= 15 is 0 Å². The zero-order valence-corrected chi connectivity index (χ0v) is 15.2. The van der Waals surface area contributed by atoms with Crippen LogP contribution in [0.3, 0.4) is 0 Å². The Morgan fingerprint density at radius 2 is 1.77 bits per heavy atom. The predicted molar refractivity (Wildman–Crippen MR) is 104 cm³/mol. The van der Waals surface area contributed by atoms with Crippen molar-refractivity contribution >= 4 is 22.4 Å². The molecule has 6 heteroatoms. The lowest BCUT2D eigenvalue weighted by Gasteiger charge is -2.37. The van der Waals surface area contributed by atoms with E-state index in [0.29, 0.717) is 5.88 Å². The van der Waals surface area contributed by atoms with Crippen LogP contribution >= 0.6 is 0 Å². The first-order valence-electron chi connectivity index (χ1n) is 9.03. The molecule has 134 valence electrons. The van der Waals surface area contributed by atoms with Gasteiger partial charge in [-0.15, -0.1) is 0 Å². The summed E-state index contributed by atoms with van der Waals surface area (Å²) < 4.78 is 5.19. The van der Waals surface area contributed by atoms with E-state index in [4.69, 9.17) is 9.72 Å². The van der Waals surface area contributed by atoms with Crippen molar-refractivity contribution in [1.82, 2.24) is 15.0 Å². The van der Waals surface area contributed by atoms with E-state index in [1.807, 2.05) is 0 Å². The highest BCUT2D eigenvalue weighted by atomic mass is 16.5. The molecule has 3 heterocycles. The van der Waals surface area contributed by atoms with Gasteiger partial charge in [0.15, 0.2) is 5.82 Å². The lowest BCUT2D eigenvalue weighted by molar-refractivity contribution is 0.395. The summed E-state index contributed by atoms with van der Waals surface area (Å²) in [6, 6.07) is 10.6. The van der Waals surface area contributed by atoms with Crippen LogP contribution in [0.4, 0.5) is 11.5 Å². The minimum atomic E-state index is 0.553. The molecular formula is C20H23N5O. The van der Waals surface area contributed by atoms with Gasteiger partial charge < -0.3 is 14.5 Å². The summed E-state index contributed by atoms with van der Waals surface area (Å²) >= 11 is 0. The Morgan fingerprint density at radius 3 is 2.54 bits per heavy atom. The van der Waals surface area contributed by atoms with Gasteiger partial charge in [-0.1, -0.05) is 25.1 Å². The van der Waals surface area contributed by atoms with Crippen LogP contribution in [0.25, 0.3) is 10.9 Å². The molecule has 3 aromatic rings. The predicted octanol–water partition coefficient (Wildman–Crippen LogP) is 2.92. The van der Waals surface area contributed by atoms with Crippen LogP contribution in [0.2, 0.25) is 0 Å². The van der Waals surface area contributed by atoms with Gasteiger partial charge in [-0.05, 0) is 18.6 Å². The average Bonchev–Trinajstić information content (AvgIpc) is 2.73. The molecule has 0 aliphatic carbocycles. The van der Waals surface area contributed by atoms with Crippen LogP contribution in [-0.4, -0.2) is 48.2 Å². The number of aryl methyl sites for hydroxylation is 1. The molecule has 0 saturated carbocycles. The molecule has 0 spiro atoms. The summed E-state index contributed by atoms with van der Waals surface area (Å²) in [5, 5.41) is 1.22. The molecule has 0 atom stereocenters. The molecule has 0 radical (unpaired) electrons. The fraction of sp³-hybridized carbons (Fsp3) is 0.350. The quantitative estimate of drug-likeness (QED) is 0.722. The zero-order chi connectivity index (χ0) is 17.9. The number of ether oxygens (including phenoxy) is 1. The van der Waals surface area contributed by atoms with Gasteiger partial charge in [0.05, 0.1) is 25.0 Å². The molecule has 4 rings (SSSR count). The highest BCUT2D eigenvalue weighted by Crippen LogP contribution is 2.28. The first-order chi connectivity index (χ1) is 12.8. The molecule has 2 aromatic heterocycles. The zero-order valence-electron chi connectivity index (χ0n) is 15.2. The van der Waals surface area contributed by atoms with Crippen molar-refractivity contribution < 1.29 is 4.74 Å². The van der Waals surface area contributed by atoms with E-state index < -0.39 is 0 Å². The third-order valence-corrected chi connectivity index (χ3v) is 4.86. The maximum Gasteiger partial charge on any atom is 0.233 e. The van der Waals surface area contributed by atoms with Crippen LogP contribution in [-0.2, 0) is 6.42 Å². The molecule has 1 aliphatic rings. The van der Waals surface area contributed by atoms with Crippen molar-refractivity contribution in [3.8, 4) is 5.88 Å². The number of para-hydroxylation sites is 1. The van der Waals surface area contributed by atoms with Gasteiger partial charge in [-0.3, -0.25) is 9.97 Å². The summed E-state index contributed by atoms with van der Waals surface area (Å²) in [7, 11) is 1.62. The maximum atomic E-state index is 5.19. The Balaban J connectivity index is 1.57. The number of anilines is 2. The first kappa shape index (κ1) is 16.6. The second-order valence-corrected chi connectivity index (χ2v) is 6.40. The van der Waals surface area contributed by atoms with Crippen molar-refractivity contribution in [2.75, 3.05) is 43.1 Å². The number of aromatic nitrogens is 3. The molecule has 1 aliphatic heterocycles. The van der Waals surface area contributed by atoms with Gasteiger partial charge in [0, 0.05) is 42.9 Å². The van der Waals surface area contributed by atoms with Crippen LogP contribution < -0.4 is 14.5 Å². The molecule has 6 nitrogen and oxygen atoms in total. The number of rotatable bonds is 4. The molecule has 26 heavy (non-hydrogen) atoms. The van der Waals surface area contributed by atoms with Gasteiger partial charge in [0.1, 0.15) is 0 Å². The number of piperazine rings is 1. The molecule has 0 bridgehead atoms. The normalized spacial score (nSPS) is 14.7. The third kappa shape index (κ3) is 3.14. The summed E-state index contributed by atoms with van der Waals surface area (Å²) in [4.78, 5) is 18.2. The fourth-order valence-corrected chi connectivity index (χ4v) is 3.42. The van der Waals surface area contributed by atoms with Crippen molar-refractivity contribution in [1.29, 1.82) is 0 Å². The molecule has 0 N–H and O–H groups in total. The number of hydrogen-bond donors (Lipinski definition) is 0. The number of benzene rings is 1. The van der Waals surface area contributed by atoms with Crippen molar-refractivity contribution in [3.63, 3.8) is 0 Å². The fourth-order valence-electron chi connectivity index (χ4n) is 3.42. The second kappa shape index (κ2) is 7.15. The lowest BCUT2D eigenvalue weighted by Crippen LogP contribution is -2.47. The lowest BCUT2D eigenvalue weighted by atomic mass is 10.1. The minimum Gasteiger partial charge on any atom is -0.480 e. The van der Waals surface area contributed by atoms with Gasteiger partial charge in [-0.2, -0.15) is 4.98 Å². The van der Waals surface area contributed by atoms with Crippen LogP contribution in [0.1, 0.15) is 12.6 Å². The Morgan fingerprint density at radius 1 is 1.00 bits per heavy atom. The Bertz CT molecular complexity index is 906. The van der Waals surface area contributed by atoms with Crippen molar-refractivity contribution in [2.24, 2.45) is 0 Å². The SMILES string of the molecule is CCc1cc(N2CCN(c3cncc(OC)n3)CC2)c2ccccc2n1. The summed E-state index contributed by atoms with van der Waals surface area (Å²) in [5.74, 6) is 1.43. The topological polar surface area (TPSA) is 54.4 Å². The summed E-state index contributed by atoms with van der Waals surface area (Å²) in [6.45, 7) is 5.84. The second-order valence-electron chi connectivity index (χ2n) is 6.40. The molecule has 0 amide bonds. The molecule has 0 unspecified atom stereocenters. The summed E-state index contributed by atoms with van der Waals surface area (Å²) in [6.07, 6.45) is 4.38. The van der Waals surface area contributed by atoms with Crippen LogP contribution in [0, 0.1) is 0 Å². The standard InChI is InChI=1S/C20H23N5O/c1-3-15-12-18(16-6-4-5-7-17(16)22-15)24-8-10-25(11-9-24)19-13-21-14-20(23-19)26-2/h4-7,12-14H,3,8-11H2,1-2H3. The van der Waals surface area contributed by atoms with Gasteiger partial charge >= 0.3 is 0 Å². The van der Waals surface area contributed by atoms with Gasteiger partial charge in [-0.25, -0.2) is 0 Å². The van der Waals surface area contributed by atoms with Gasteiger partial charge in [0.2, 0.25) is 5.88 Å². The molecule has 1 saturated heterocycles. The highest BCUT2D eigenvalue weighted by molar-refractivity contribution is 5.92. The maximum absolute atomic E-state index is 5.19. The molecule has 1 aromatic carbocycles. The van der Waals surface area contributed by atoms with Gasteiger partial charge in [0.25, 0.3) is 0 Å². The number of hydrogen-bond acceptors (Lipinski definition) is 6. The largest absolute Gasteiger partial charge is 0.480 e. The highest BCUT2D eigenvalue weighted by Gasteiger charge is 2.21. The Kier molecular flexibility index (Phi) is 4.56. The van der Waals surface area contributed by atoms with Crippen molar-refractivity contribution in [3.05, 3.63) is 48.4 Å². The van der Waals surface area contributed by atoms with E-state index in [2.05, 4.69) is 57.0 Å². The summed E-state index contributed by atoms with van der Waals surface area (Å²) in [5.41, 5.74) is 3.49. The number of fused-ring (bicyclic) bond motifs is 1. The third-order valence-electron chi connectivity index (χ3n) is 4.86. The number of pyridine rings is 1. The van der Waals surface area contributed by atoms with E-state index in [-0.39, 0.29) is 0 Å². The van der Waals surface area contributed by atoms with E-state index in [0.717, 1.165) is 49.6 Å². The van der Waals surface area contributed by atoms with Crippen molar-refractivity contribution in [2.45, 2.75) is 13.3 Å². The van der Waals surface area contributed by atoms with E-state index in [1.54, 1.807) is 19.5 Å². The average molecular weight is 349 g/mol. The Labute approximate surface area is 153 Å². The molecular weight excluding hydrogens is 326 g/mol. The monoisotopic (exact) mass is 349 g/mol. The van der Waals surface area contributed by atoms with Crippen LogP contribution in [0.15, 0.2) is 42.7 Å². The minimum absolute atomic E-state index is 0.553. The molecule has 1 fully saturated rings. The number of nitrogens with zero attached hydrogens (tertiary/aromatic N) is 5.